The molecule has 2 amide bonds. The van der Waals surface area contributed by atoms with Crippen molar-refractivity contribution in [3.63, 3.8) is 0 Å². The van der Waals surface area contributed by atoms with Crippen LogP contribution in [0.25, 0.3) is 0 Å². The van der Waals surface area contributed by atoms with Gasteiger partial charge in [-0.3, -0.25) is 5.10 Å². The van der Waals surface area contributed by atoms with Crippen LogP contribution in [0.5, 0.6) is 5.75 Å². The van der Waals surface area contributed by atoms with E-state index in [1.165, 1.54) is 0 Å². The summed E-state index contributed by atoms with van der Waals surface area (Å²) in [7, 11) is 0. The molecule has 3 N–H and O–H groups in total. The summed E-state index contributed by atoms with van der Waals surface area (Å²) in [4.78, 5) is 11.9. The van der Waals surface area contributed by atoms with Gasteiger partial charge in [-0.25, -0.2) is 4.79 Å². The average molecular weight is 286 g/mol. The Morgan fingerprint density at radius 1 is 1.29 bits per heavy atom. The number of rotatable bonds is 4. The fourth-order valence-corrected chi connectivity index (χ4v) is 2.56. The minimum atomic E-state index is -0.232. The zero-order valence-electron chi connectivity index (χ0n) is 11.6. The predicted molar refractivity (Wildman–Crippen MR) is 79.2 cm³/mol. The first kappa shape index (κ1) is 13.5. The molecule has 0 radical (unpaired) electrons. The number of aromatic nitrogens is 2. The molecule has 0 aliphatic heterocycles. The first-order valence-corrected chi connectivity index (χ1v) is 7.09. The molecule has 0 spiro atoms. The fraction of sp³-hybridized carbons (Fsp3) is 0.333. The molecule has 1 aliphatic rings. The minimum absolute atomic E-state index is 0.0162. The summed E-state index contributed by atoms with van der Waals surface area (Å²) in [5, 5.41) is 12.1. The van der Waals surface area contributed by atoms with E-state index in [9.17, 15) is 4.79 Å². The van der Waals surface area contributed by atoms with Crippen molar-refractivity contribution in [1.82, 2.24) is 15.5 Å². The van der Waals surface area contributed by atoms with Gasteiger partial charge in [-0.1, -0.05) is 18.2 Å². The number of carbonyl (C=O) groups excluding carboxylic acids is 1. The molecule has 2 atom stereocenters. The number of carbonyl (C=O) groups is 1. The fourth-order valence-electron chi connectivity index (χ4n) is 2.56. The first-order valence-electron chi connectivity index (χ1n) is 7.09. The third kappa shape index (κ3) is 3.53. The predicted octanol–water partition coefficient (Wildman–Crippen LogP) is 2.53. The quantitative estimate of drug-likeness (QED) is 0.808. The van der Waals surface area contributed by atoms with E-state index in [0.29, 0.717) is 5.69 Å². The Balaban J connectivity index is 1.55. The highest BCUT2D eigenvalue weighted by molar-refractivity contribution is 5.89. The Morgan fingerprint density at radius 3 is 2.90 bits per heavy atom. The topological polar surface area (TPSA) is 79.0 Å². The van der Waals surface area contributed by atoms with Crippen LogP contribution in [0, 0.1) is 0 Å². The third-order valence-electron chi connectivity index (χ3n) is 3.56. The maximum atomic E-state index is 11.9. The van der Waals surface area contributed by atoms with Crippen molar-refractivity contribution in [2.24, 2.45) is 0 Å². The van der Waals surface area contributed by atoms with E-state index in [1.807, 2.05) is 30.3 Å². The molecule has 0 bridgehead atoms. The van der Waals surface area contributed by atoms with Crippen LogP contribution in [0.4, 0.5) is 10.5 Å². The van der Waals surface area contributed by atoms with Crippen LogP contribution in [0.15, 0.2) is 42.7 Å². The lowest BCUT2D eigenvalue weighted by Crippen LogP contribution is -2.44. The standard InChI is InChI=1S/C15H18N4O2/c20-15(18-11-9-16-17-10-11)19-13-7-4-8-14(13)21-12-5-2-1-3-6-12/h1-3,5-6,9-10,13-14H,4,7-8H2,(H,16,17)(H2,18,19,20)/t13-,14-/m1/s1. The van der Waals surface area contributed by atoms with Crippen LogP contribution in [0.2, 0.25) is 0 Å². The third-order valence-corrected chi connectivity index (χ3v) is 3.56. The van der Waals surface area contributed by atoms with Gasteiger partial charge in [0.2, 0.25) is 0 Å². The summed E-state index contributed by atoms with van der Waals surface area (Å²) in [6.45, 7) is 0. The van der Waals surface area contributed by atoms with E-state index >= 15 is 0 Å². The molecular weight excluding hydrogens is 268 g/mol. The van der Waals surface area contributed by atoms with Crippen molar-refractivity contribution >= 4 is 11.7 Å². The monoisotopic (exact) mass is 286 g/mol. The Hall–Kier alpha value is -2.50. The molecule has 110 valence electrons. The molecule has 3 rings (SSSR count). The molecular formula is C15H18N4O2. The van der Waals surface area contributed by atoms with Crippen molar-refractivity contribution in [1.29, 1.82) is 0 Å². The highest BCUT2D eigenvalue weighted by Gasteiger charge is 2.30. The zero-order chi connectivity index (χ0) is 14.5. The van der Waals surface area contributed by atoms with E-state index in [1.54, 1.807) is 12.4 Å². The van der Waals surface area contributed by atoms with E-state index in [4.69, 9.17) is 4.74 Å². The molecule has 1 heterocycles. The van der Waals surface area contributed by atoms with Crippen LogP contribution >= 0.6 is 0 Å². The smallest absolute Gasteiger partial charge is 0.319 e. The van der Waals surface area contributed by atoms with E-state index in [2.05, 4.69) is 20.8 Å². The Bertz CT molecular complexity index is 571. The largest absolute Gasteiger partial charge is 0.488 e. The van der Waals surface area contributed by atoms with Gasteiger partial charge in [0.15, 0.2) is 0 Å². The molecule has 1 fully saturated rings. The second-order valence-electron chi connectivity index (χ2n) is 5.09. The number of hydrogen-bond donors (Lipinski definition) is 3. The first-order chi connectivity index (χ1) is 10.3. The molecule has 1 aromatic carbocycles. The van der Waals surface area contributed by atoms with Crippen LogP contribution in [0.1, 0.15) is 19.3 Å². The summed E-state index contributed by atoms with van der Waals surface area (Å²) in [6, 6.07) is 9.50. The number of para-hydroxylation sites is 1. The molecule has 6 nitrogen and oxygen atoms in total. The number of ether oxygens (including phenoxy) is 1. The minimum Gasteiger partial charge on any atom is -0.488 e. The Morgan fingerprint density at radius 2 is 2.14 bits per heavy atom. The van der Waals surface area contributed by atoms with Gasteiger partial charge in [0.05, 0.1) is 17.9 Å². The number of H-pyrrole nitrogens is 1. The summed E-state index contributed by atoms with van der Waals surface area (Å²) in [5.41, 5.74) is 0.644. The molecule has 1 saturated carbocycles. The van der Waals surface area contributed by atoms with E-state index in [-0.39, 0.29) is 18.2 Å². The molecule has 6 heteroatoms. The highest BCUT2D eigenvalue weighted by atomic mass is 16.5. The molecule has 1 aliphatic carbocycles. The average Bonchev–Trinajstić information content (AvgIpc) is 3.13. The van der Waals surface area contributed by atoms with Gasteiger partial charge in [0, 0.05) is 6.20 Å². The van der Waals surface area contributed by atoms with Gasteiger partial charge >= 0.3 is 6.03 Å². The van der Waals surface area contributed by atoms with Crippen molar-refractivity contribution < 1.29 is 9.53 Å². The molecule has 0 unspecified atom stereocenters. The number of benzene rings is 1. The number of hydrogen-bond acceptors (Lipinski definition) is 3. The van der Waals surface area contributed by atoms with Crippen LogP contribution < -0.4 is 15.4 Å². The summed E-state index contributed by atoms with van der Waals surface area (Å²) in [6.07, 6.45) is 6.14. The molecule has 21 heavy (non-hydrogen) atoms. The molecule has 2 aromatic rings. The summed E-state index contributed by atoms with van der Waals surface area (Å²) in [5.74, 6) is 0.839. The summed E-state index contributed by atoms with van der Waals surface area (Å²) >= 11 is 0. The zero-order valence-corrected chi connectivity index (χ0v) is 11.6. The lowest BCUT2D eigenvalue weighted by atomic mass is 10.2. The van der Waals surface area contributed by atoms with Crippen LogP contribution in [-0.4, -0.2) is 28.4 Å². The maximum Gasteiger partial charge on any atom is 0.319 e. The van der Waals surface area contributed by atoms with Crippen LogP contribution in [-0.2, 0) is 0 Å². The number of aromatic amines is 1. The summed E-state index contributed by atoms with van der Waals surface area (Å²) < 4.78 is 5.96. The van der Waals surface area contributed by atoms with E-state index < -0.39 is 0 Å². The highest BCUT2D eigenvalue weighted by Crippen LogP contribution is 2.24. The van der Waals surface area contributed by atoms with Gasteiger partial charge in [0.25, 0.3) is 0 Å². The van der Waals surface area contributed by atoms with Gasteiger partial charge in [-0.05, 0) is 31.4 Å². The Labute approximate surface area is 122 Å². The van der Waals surface area contributed by atoms with Gasteiger partial charge in [-0.2, -0.15) is 5.10 Å². The number of nitrogens with one attached hydrogen (secondary N) is 3. The second-order valence-corrected chi connectivity index (χ2v) is 5.09. The normalized spacial score (nSPS) is 21.0. The Kier molecular flexibility index (Phi) is 4.04. The molecule has 1 aromatic heterocycles. The SMILES string of the molecule is O=C(Nc1cn[nH]c1)N[C@@H]1CCC[C@H]1Oc1ccccc1. The number of nitrogens with zero attached hydrogens (tertiary/aromatic N) is 1. The number of urea groups is 1. The van der Waals surface area contributed by atoms with E-state index in [0.717, 1.165) is 25.0 Å². The number of amides is 2. The van der Waals surface area contributed by atoms with Crippen LogP contribution in [0.3, 0.4) is 0 Å². The van der Waals surface area contributed by atoms with Crippen molar-refractivity contribution in [3.8, 4) is 5.75 Å². The lowest BCUT2D eigenvalue weighted by Gasteiger charge is -2.22. The van der Waals surface area contributed by atoms with Gasteiger partial charge < -0.3 is 15.4 Å². The lowest BCUT2D eigenvalue weighted by molar-refractivity contribution is 0.175. The van der Waals surface area contributed by atoms with Crippen molar-refractivity contribution in [2.45, 2.75) is 31.4 Å². The molecule has 0 saturated heterocycles. The van der Waals surface area contributed by atoms with Gasteiger partial charge in [-0.15, -0.1) is 0 Å². The van der Waals surface area contributed by atoms with Crippen molar-refractivity contribution in [3.05, 3.63) is 42.7 Å². The number of anilines is 1. The maximum absolute atomic E-state index is 11.9. The van der Waals surface area contributed by atoms with Crippen molar-refractivity contribution in [2.75, 3.05) is 5.32 Å². The van der Waals surface area contributed by atoms with Gasteiger partial charge in [0.1, 0.15) is 11.9 Å². The second kappa shape index (κ2) is 6.30.